The van der Waals surface area contributed by atoms with E-state index in [1.807, 2.05) is 12.3 Å². The van der Waals surface area contributed by atoms with Gasteiger partial charge in [-0.3, -0.25) is 0 Å². The molecule has 1 aromatic rings. The zero-order valence-corrected chi connectivity index (χ0v) is 12.8. The number of ether oxygens (including phenoxy) is 1. The van der Waals surface area contributed by atoms with Crippen LogP contribution in [0.5, 0.6) is 0 Å². The maximum absolute atomic E-state index is 5.98. The molecule has 2 unspecified atom stereocenters. The fourth-order valence-corrected chi connectivity index (χ4v) is 3.70. The van der Waals surface area contributed by atoms with Gasteiger partial charge in [-0.1, -0.05) is 36.8 Å². The predicted octanol–water partition coefficient (Wildman–Crippen LogP) is 4.99. The molecule has 0 saturated carbocycles. The maximum Gasteiger partial charge on any atom is 0.0986 e. The monoisotopic (exact) mass is 276 g/mol. The van der Waals surface area contributed by atoms with E-state index in [4.69, 9.17) is 4.74 Å². The maximum atomic E-state index is 5.98. The Balaban J connectivity index is 1.89. The van der Waals surface area contributed by atoms with Crippen molar-refractivity contribution in [2.24, 2.45) is 5.92 Å². The Labute approximate surface area is 121 Å². The van der Waals surface area contributed by atoms with Crippen molar-refractivity contribution in [2.75, 3.05) is 11.5 Å². The first-order chi connectivity index (χ1) is 9.27. The lowest BCUT2D eigenvalue weighted by atomic mass is 9.99. The summed E-state index contributed by atoms with van der Waals surface area (Å²) in [6.07, 6.45) is 6.30. The smallest absolute Gasteiger partial charge is 0.0986 e. The first-order valence-electron chi connectivity index (χ1n) is 7.23. The second-order valence-corrected chi connectivity index (χ2v) is 6.49. The van der Waals surface area contributed by atoms with Gasteiger partial charge in [-0.25, -0.2) is 0 Å². The van der Waals surface area contributed by atoms with Crippen LogP contribution in [0.25, 0.3) is 5.57 Å². The normalized spacial score (nSPS) is 22.6. The van der Waals surface area contributed by atoms with E-state index in [2.05, 4.69) is 49.9 Å². The number of rotatable bonds is 4. The summed E-state index contributed by atoms with van der Waals surface area (Å²) in [5, 5.41) is 0. The van der Waals surface area contributed by atoms with Gasteiger partial charge in [-0.15, -0.1) is 0 Å². The Kier molecular flexibility index (Phi) is 5.84. The standard InChI is InChI=1S/C17H24OS/c1-14(16-8-4-3-5-9-16)12-18-15(2)17-10-6-7-11-19-13-17/h3-5,8-9,12,15,17H,6-7,10-11,13H2,1-2H3/b14-12-. The minimum Gasteiger partial charge on any atom is -0.498 e. The number of allylic oxidation sites excluding steroid dienone is 1. The second kappa shape index (κ2) is 7.64. The lowest BCUT2D eigenvalue weighted by Gasteiger charge is -2.21. The molecule has 1 aliphatic heterocycles. The van der Waals surface area contributed by atoms with Gasteiger partial charge in [0.25, 0.3) is 0 Å². The molecule has 0 bridgehead atoms. The molecule has 1 heterocycles. The number of hydrogen-bond acceptors (Lipinski definition) is 2. The van der Waals surface area contributed by atoms with Gasteiger partial charge in [0.1, 0.15) is 0 Å². The van der Waals surface area contributed by atoms with E-state index in [1.54, 1.807) is 0 Å². The van der Waals surface area contributed by atoms with Crippen molar-refractivity contribution in [3.05, 3.63) is 42.2 Å². The summed E-state index contributed by atoms with van der Waals surface area (Å²) >= 11 is 2.08. The summed E-state index contributed by atoms with van der Waals surface area (Å²) in [6.45, 7) is 4.33. The first kappa shape index (κ1) is 14.5. The molecule has 1 aromatic carbocycles. The molecule has 2 rings (SSSR count). The minimum absolute atomic E-state index is 0.323. The minimum atomic E-state index is 0.323. The molecule has 0 aliphatic carbocycles. The van der Waals surface area contributed by atoms with Crippen molar-refractivity contribution in [3.8, 4) is 0 Å². The highest BCUT2D eigenvalue weighted by atomic mass is 32.2. The topological polar surface area (TPSA) is 9.23 Å². The van der Waals surface area contributed by atoms with Gasteiger partial charge in [-0.2, -0.15) is 11.8 Å². The Morgan fingerprint density at radius 1 is 1.32 bits per heavy atom. The second-order valence-electron chi connectivity index (χ2n) is 5.34. The van der Waals surface area contributed by atoms with Gasteiger partial charge in [0.15, 0.2) is 0 Å². The molecule has 1 aliphatic rings. The molecule has 1 fully saturated rings. The van der Waals surface area contributed by atoms with E-state index in [9.17, 15) is 0 Å². The number of thioether (sulfide) groups is 1. The van der Waals surface area contributed by atoms with Crippen molar-refractivity contribution in [1.29, 1.82) is 0 Å². The zero-order chi connectivity index (χ0) is 13.5. The Bertz CT molecular complexity index is 391. The van der Waals surface area contributed by atoms with Crippen LogP contribution in [0.2, 0.25) is 0 Å². The van der Waals surface area contributed by atoms with Crippen LogP contribution in [0.15, 0.2) is 36.6 Å². The number of benzene rings is 1. The molecule has 1 saturated heterocycles. The van der Waals surface area contributed by atoms with Crippen LogP contribution in [0.4, 0.5) is 0 Å². The molecule has 0 radical (unpaired) electrons. The van der Waals surface area contributed by atoms with Crippen molar-refractivity contribution in [1.82, 2.24) is 0 Å². The van der Waals surface area contributed by atoms with Crippen LogP contribution >= 0.6 is 11.8 Å². The molecule has 2 heteroatoms. The van der Waals surface area contributed by atoms with Crippen LogP contribution in [0.3, 0.4) is 0 Å². The summed E-state index contributed by atoms with van der Waals surface area (Å²) in [5.74, 6) is 3.27. The summed E-state index contributed by atoms with van der Waals surface area (Å²) in [7, 11) is 0. The van der Waals surface area contributed by atoms with Gasteiger partial charge < -0.3 is 4.74 Å². The number of hydrogen-bond donors (Lipinski definition) is 0. The lowest BCUT2D eigenvalue weighted by molar-refractivity contribution is 0.108. The van der Waals surface area contributed by atoms with E-state index >= 15 is 0 Å². The Hall–Kier alpha value is -0.890. The predicted molar refractivity (Wildman–Crippen MR) is 85.3 cm³/mol. The molecule has 0 spiro atoms. The van der Waals surface area contributed by atoms with Gasteiger partial charge in [0.2, 0.25) is 0 Å². The SMILES string of the molecule is C/C(=C/OC(C)C1CCCCSC1)c1ccccc1. The van der Waals surface area contributed by atoms with E-state index in [0.717, 1.165) is 0 Å². The van der Waals surface area contributed by atoms with Gasteiger partial charge >= 0.3 is 0 Å². The summed E-state index contributed by atoms with van der Waals surface area (Å²) < 4.78 is 5.98. The van der Waals surface area contributed by atoms with Gasteiger partial charge in [0, 0.05) is 5.92 Å². The summed E-state index contributed by atoms with van der Waals surface area (Å²) in [4.78, 5) is 0. The van der Waals surface area contributed by atoms with Crippen LogP contribution in [-0.4, -0.2) is 17.6 Å². The third-order valence-electron chi connectivity index (χ3n) is 3.80. The molecule has 2 atom stereocenters. The van der Waals surface area contributed by atoms with E-state index < -0.39 is 0 Å². The fourth-order valence-electron chi connectivity index (χ4n) is 2.39. The fraction of sp³-hybridized carbons (Fsp3) is 0.529. The van der Waals surface area contributed by atoms with Crippen LogP contribution in [0, 0.1) is 5.92 Å². The van der Waals surface area contributed by atoms with Gasteiger partial charge in [-0.05, 0) is 49.3 Å². The molecule has 1 nitrogen and oxygen atoms in total. The van der Waals surface area contributed by atoms with Crippen molar-refractivity contribution >= 4 is 17.3 Å². The van der Waals surface area contributed by atoms with Crippen molar-refractivity contribution in [3.63, 3.8) is 0 Å². The Morgan fingerprint density at radius 3 is 2.89 bits per heavy atom. The molecular formula is C17H24OS. The lowest BCUT2D eigenvalue weighted by Crippen LogP contribution is -2.20. The molecule has 0 amide bonds. The molecule has 0 aromatic heterocycles. The third-order valence-corrected chi connectivity index (χ3v) is 5.04. The average Bonchev–Trinajstić information content (AvgIpc) is 2.74. The Morgan fingerprint density at radius 2 is 2.11 bits per heavy atom. The van der Waals surface area contributed by atoms with Crippen LogP contribution in [-0.2, 0) is 4.74 Å². The highest BCUT2D eigenvalue weighted by molar-refractivity contribution is 7.99. The molecule has 19 heavy (non-hydrogen) atoms. The van der Waals surface area contributed by atoms with E-state index in [1.165, 1.54) is 41.9 Å². The zero-order valence-electron chi connectivity index (χ0n) is 12.0. The highest BCUT2D eigenvalue weighted by Gasteiger charge is 2.19. The van der Waals surface area contributed by atoms with Crippen LogP contribution < -0.4 is 0 Å². The molecular weight excluding hydrogens is 252 g/mol. The molecule has 0 N–H and O–H groups in total. The van der Waals surface area contributed by atoms with E-state index in [0.29, 0.717) is 12.0 Å². The quantitative estimate of drug-likeness (QED) is 0.717. The average molecular weight is 276 g/mol. The van der Waals surface area contributed by atoms with Crippen molar-refractivity contribution < 1.29 is 4.74 Å². The largest absolute Gasteiger partial charge is 0.498 e. The third kappa shape index (κ3) is 4.61. The first-order valence-corrected chi connectivity index (χ1v) is 8.38. The van der Waals surface area contributed by atoms with Gasteiger partial charge in [0.05, 0.1) is 12.4 Å². The van der Waals surface area contributed by atoms with Crippen molar-refractivity contribution in [2.45, 2.75) is 39.2 Å². The van der Waals surface area contributed by atoms with E-state index in [-0.39, 0.29) is 0 Å². The molecule has 104 valence electrons. The van der Waals surface area contributed by atoms with Crippen LogP contribution in [0.1, 0.15) is 38.7 Å². The highest BCUT2D eigenvalue weighted by Crippen LogP contribution is 2.26. The summed E-state index contributed by atoms with van der Waals surface area (Å²) in [5.41, 5.74) is 2.44. The summed E-state index contributed by atoms with van der Waals surface area (Å²) in [6, 6.07) is 10.4.